The fourth-order valence-corrected chi connectivity index (χ4v) is 5.77. The van der Waals surface area contributed by atoms with Crippen LogP contribution in [0.5, 0.6) is 0 Å². The van der Waals surface area contributed by atoms with Crippen molar-refractivity contribution in [3.8, 4) is 0 Å². The first-order chi connectivity index (χ1) is 17.9. The number of aliphatic imine (C=N–C) groups is 1. The molecule has 3 fully saturated rings. The van der Waals surface area contributed by atoms with Crippen molar-refractivity contribution in [1.29, 1.82) is 0 Å². The lowest BCUT2D eigenvalue weighted by Gasteiger charge is -2.47. The highest BCUT2D eigenvalue weighted by atomic mass is 19.3. The maximum absolute atomic E-state index is 14.8. The Labute approximate surface area is 235 Å². The van der Waals surface area contributed by atoms with Crippen molar-refractivity contribution < 1.29 is 13.5 Å². The summed E-state index contributed by atoms with van der Waals surface area (Å²) in [6, 6.07) is 3.67. The molecule has 2 atom stereocenters. The predicted octanol–water partition coefficient (Wildman–Crippen LogP) is 3.09. The van der Waals surface area contributed by atoms with E-state index in [2.05, 4.69) is 4.99 Å². The molecule has 2 heterocycles. The molecule has 7 nitrogen and oxygen atoms in total. The summed E-state index contributed by atoms with van der Waals surface area (Å²) in [4.78, 5) is 5.62. The van der Waals surface area contributed by atoms with E-state index in [9.17, 15) is 8.78 Å². The topological polar surface area (TPSA) is 129 Å². The van der Waals surface area contributed by atoms with E-state index in [1.165, 1.54) is 6.42 Å². The smallest absolute Gasteiger partial charge is 0.253 e. The van der Waals surface area contributed by atoms with Gasteiger partial charge in [0.15, 0.2) is 0 Å². The van der Waals surface area contributed by atoms with Crippen LogP contribution in [0, 0.1) is 24.7 Å². The Hall–Kier alpha value is -2.52. The fourth-order valence-electron chi connectivity index (χ4n) is 5.77. The lowest BCUT2D eigenvalue weighted by atomic mass is 9.54. The highest BCUT2D eigenvalue weighted by Crippen LogP contribution is 2.46. The van der Waals surface area contributed by atoms with E-state index in [0.717, 1.165) is 29.5 Å². The van der Waals surface area contributed by atoms with Gasteiger partial charge in [-0.25, -0.2) is 8.78 Å². The van der Waals surface area contributed by atoms with Gasteiger partial charge in [0.1, 0.15) is 0 Å². The molecule has 0 aromatic heterocycles. The molecule has 3 aliphatic rings. The Morgan fingerprint density at radius 3 is 2.18 bits per heavy atom. The Morgan fingerprint density at radius 1 is 1.05 bits per heavy atom. The average Bonchev–Trinajstić information content (AvgIpc) is 3.49. The number of nitrogen functional groups attached to an aromatic ring is 1. The number of nitrogens with two attached hydrogens (primary N) is 4. The monoisotopic (exact) mass is 540 g/mol. The molecule has 4 rings (SSSR count). The number of ether oxygens (including phenoxy) is 1. The van der Waals surface area contributed by atoms with Gasteiger partial charge >= 0.3 is 0 Å². The third-order valence-electron chi connectivity index (χ3n) is 8.09. The van der Waals surface area contributed by atoms with E-state index in [0.29, 0.717) is 62.4 Å². The van der Waals surface area contributed by atoms with Crippen LogP contribution in [-0.4, -0.2) is 71.4 Å². The minimum atomic E-state index is -3.07. The van der Waals surface area contributed by atoms with E-state index in [4.69, 9.17) is 43.4 Å². The largest absolute Gasteiger partial charge is 0.398 e. The van der Waals surface area contributed by atoms with Crippen molar-refractivity contribution in [1.82, 2.24) is 4.90 Å². The van der Waals surface area contributed by atoms with Crippen LogP contribution >= 0.6 is 0 Å². The molecule has 2 aliphatic heterocycles. The summed E-state index contributed by atoms with van der Waals surface area (Å²) >= 11 is 0. The molecule has 1 aromatic carbocycles. The number of anilines is 1. The summed E-state index contributed by atoms with van der Waals surface area (Å²) in [5, 5.41) is -2.03. The van der Waals surface area contributed by atoms with Crippen molar-refractivity contribution in [2.45, 2.75) is 57.7 Å². The van der Waals surface area contributed by atoms with Crippen LogP contribution in [0.4, 0.5) is 14.5 Å². The summed E-state index contributed by atoms with van der Waals surface area (Å²) in [5.41, 5.74) is 26.6. The van der Waals surface area contributed by atoms with Gasteiger partial charge in [0, 0.05) is 73.3 Å². The van der Waals surface area contributed by atoms with Crippen LogP contribution in [0.1, 0.15) is 56.2 Å². The SMILES string of the molecule is C.CN=Cc1c(N)ccc(/C(N)=C/C=C(N)N)c1C.[B]C([B])(N1CC2CCCC2C1)C(F)(F)C1CCOCC1. The molecule has 0 amide bonds. The van der Waals surface area contributed by atoms with Crippen molar-refractivity contribution in [2.75, 3.05) is 39.1 Å². The number of halogens is 2. The Morgan fingerprint density at radius 2 is 1.64 bits per heavy atom. The van der Waals surface area contributed by atoms with Gasteiger partial charge in [-0.05, 0) is 68.2 Å². The molecule has 0 spiro atoms. The molecule has 2 saturated heterocycles. The summed E-state index contributed by atoms with van der Waals surface area (Å²) in [7, 11) is 13.6. The third-order valence-corrected chi connectivity index (χ3v) is 8.09. The van der Waals surface area contributed by atoms with Gasteiger partial charge in [0.2, 0.25) is 0 Å². The number of alkyl halides is 2. The molecule has 11 heteroatoms. The summed E-state index contributed by atoms with van der Waals surface area (Å²) in [5.74, 6) is -2.62. The number of nitrogens with zero attached hydrogens (tertiary/aromatic N) is 2. The van der Waals surface area contributed by atoms with E-state index in [-0.39, 0.29) is 13.2 Å². The maximum Gasteiger partial charge on any atom is 0.253 e. The molecule has 212 valence electrons. The van der Waals surface area contributed by atoms with Gasteiger partial charge < -0.3 is 32.6 Å². The van der Waals surface area contributed by atoms with E-state index >= 15 is 0 Å². The number of rotatable bonds is 6. The summed E-state index contributed by atoms with van der Waals surface area (Å²) in [6.45, 7) is 3.94. The fraction of sp³-hybridized carbons (Fsp3) is 0.607. The summed E-state index contributed by atoms with van der Waals surface area (Å²) < 4.78 is 34.7. The molecule has 8 N–H and O–H groups in total. The molecular weight excluding hydrogens is 496 g/mol. The minimum Gasteiger partial charge on any atom is -0.398 e. The molecule has 1 saturated carbocycles. The van der Waals surface area contributed by atoms with Gasteiger partial charge in [-0.3, -0.25) is 4.99 Å². The van der Waals surface area contributed by atoms with E-state index in [1.807, 2.05) is 13.0 Å². The number of benzene rings is 1. The quantitative estimate of drug-likeness (QED) is 0.190. The first-order valence-electron chi connectivity index (χ1n) is 13.2. The lowest BCUT2D eigenvalue weighted by molar-refractivity contribution is -0.136. The van der Waals surface area contributed by atoms with Gasteiger partial charge in [-0.15, -0.1) is 0 Å². The van der Waals surface area contributed by atoms with Crippen molar-refractivity contribution in [2.24, 2.45) is 39.9 Å². The van der Waals surface area contributed by atoms with Gasteiger partial charge in [0.25, 0.3) is 5.92 Å². The van der Waals surface area contributed by atoms with Crippen LogP contribution < -0.4 is 22.9 Å². The number of likely N-dealkylation sites (tertiary alicyclic amines) is 1. The molecule has 4 radical (unpaired) electrons. The zero-order chi connectivity index (χ0) is 28.1. The normalized spacial score (nSPS) is 22.6. The van der Waals surface area contributed by atoms with Crippen LogP contribution in [0.15, 0.2) is 35.1 Å². The highest BCUT2D eigenvalue weighted by molar-refractivity contribution is 6.40. The molecule has 1 aromatic rings. The van der Waals surface area contributed by atoms with Crippen LogP contribution in [0.25, 0.3) is 5.70 Å². The van der Waals surface area contributed by atoms with Gasteiger partial charge in [-0.1, -0.05) is 19.9 Å². The molecular formula is C28H44B2F2N6O. The Kier molecular flexibility index (Phi) is 11.5. The maximum atomic E-state index is 14.8. The van der Waals surface area contributed by atoms with Crippen molar-refractivity contribution in [3.05, 3.63) is 46.8 Å². The van der Waals surface area contributed by atoms with E-state index < -0.39 is 17.2 Å². The highest BCUT2D eigenvalue weighted by Gasteiger charge is 2.56. The summed E-state index contributed by atoms with van der Waals surface area (Å²) in [6.07, 6.45) is 9.07. The van der Waals surface area contributed by atoms with Crippen molar-refractivity contribution in [3.63, 3.8) is 0 Å². The van der Waals surface area contributed by atoms with Crippen LogP contribution in [0.2, 0.25) is 0 Å². The van der Waals surface area contributed by atoms with Gasteiger partial charge in [0.05, 0.1) is 21.5 Å². The molecule has 0 bridgehead atoms. The number of hydrogen-bond donors (Lipinski definition) is 4. The molecule has 39 heavy (non-hydrogen) atoms. The second-order valence-corrected chi connectivity index (χ2v) is 10.6. The second-order valence-electron chi connectivity index (χ2n) is 10.6. The minimum absolute atomic E-state index is 0. The lowest BCUT2D eigenvalue weighted by Crippen LogP contribution is -2.64. The number of allylic oxidation sites excluding steroid dienone is 2. The van der Waals surface area contributed by atoms with Crippen molar-refractivity contribution >= 4 is 33.3 Å². The zero-order valence-corrected chi connectivity index (χ0v) is 22.5. The standard InChI is InChI=1S/C14H21B2F2NO.C13H19N5.CH4/c15-14(16,13(17,18)12-4-6-20-7-5-12)19-8-10-2-1-3-11(10)9-19;1-8-9(11(14)5-6-13(16)17)3-4-12(15)10(8)7-18-2;/h10-12H,1-9H2;3-7H,14-17H2,1-2H3;1H4/b;11-5-,18-7?;. The zero-order valence-electron chi connectivity index (χ0n) is 22.5. The van der Waals surface area contributed by atoms with Crippen LogP contribution in [0.3, 0.4) is 0 Å². The van der Waals surface area contributed by atoms with Gasteiger partial charge in [-0.2, -0.15) is 0 Å². The first-order valence-corrected chi connectivity index (χ1v) is 13.2. The molecule has 2 unspecified atom stereocenters. The molecule has 1 aliphatic carbocycles. The average molecular weight is 540 g/mol. The van der Waals surface area contributed by atoms with Crippen LogP contribution in [-0.2, 0) is 4.74 Å². The third kappa shape index (κ3) is 7.37. The predicted molar refractivity (Wildman–Crippen MR) is 160 cm³/mol. The van der Waals surface area contributed by atoms with E-state index in [1.54, 1.807) is 36.4 Å². The second kappa shape index (κ2) is 13.7. The number of hydrogen-bond acceptors (Lipinski definition) is 7. The Bertz CT molecular complexity index is 1040. The first kappa shape index (κ1) is 32.7. The number of fused-ring (bicyclic) bond motifs is 1. The Balaban J connectivity index is 0.000000269.